The summed E-state index contributed by atoms with van der Waals surface area (Å²) >= 11 is 0. The van der Waals surface area contributed by atoms with Crippen LogP contribution in [0.5, 0.6) is 0 Å². The zero-order valence-corrected chi connectivity index (χ0v) is 13.6. The average Bonchev–Trinajstić information content (AvgIpc) is 2.85. The Balaban J connectivity index is 1.98. The number of aliphatic hydroxyl groups is 1. The summed E-state index contributed by atoms with van der Waals surface area (Å²) in [5.41, 5.74) is 6.13. The predicted octanol–water partition coefficient (Wildman–Crippen LogP) is 2.89. The summed E-state index contributed by atoms with van der Waals surface area (Å²) in [5, 5.41) is 14.9. The van der Waals surface area contributed by atoms with E-state index < -0.39 is 0 Å². The van der Waals surface area contributed by atoms with Crippen LogP contribution in [0.25, 0.3) is 0 Å². The second-order valence-electron chi connectivity index (χ2n) is 7.18. The van der Waals surface area contributed by atoms with Gasteiger partial charge in [-0.05, 0) is 38.2 Å². The third kappa shape index (κ3) is 2.42. The van der Waals surface area contributed by atoms with Gasteiger partial charge in [0.05, 0.1) is 18.3 Å². The smallest absolute Gasteiger partial charge is 0.0812 e. The van der Waals surface area contributed by atoms with E-state index in [1.807, 2.05) is 11.7 Å². The Morgan fingerprint density at radius 3 is 2.71 bits per heavy atom. The van der Waals surface area contributed by atoms with Crippen LogP contribution >= 0.6 is 0 Å². The molecule has 0 bridgehead atoms. The summed E-state index contributed by atoms with van der Waals surface area (Å²) in [5.74, 6) is 0. The molecule has 0 spiro atoms. The quantitative estimate of drug-likeness (QED) is 0.923. The molecule has 1 N–H and O–H groups in total. The van der Waals surface area contributed by atoms with Gasteiger partial charge in [-0.1, -0.05) is 13.8 Å². The Labute approximate surface area is 126 Å². The molecular formula is C17H25N3O. The van der Waals surface area contributed by atoms with Gasteiger partial charge in [-0.15, -0.1) is 0 Å². The van der Waals surface area contributed by atoms with Gasteiger partial charge in [-0.3, -0.25) is 4.68 Å². The zero-order valence-electron chi connectivity index (χ0n) is 13.6. The highest BCUT2D eigenvalue weighted by Crippen LogP contribution is 2.41. The van der Waals surface area contributed by atoms with Crippen molar-refractivity contribution < 1.29 is 5.11 Å². The third-order valence-corrected chi connectivity index (χ3v) is 4.85. The van der Waals surface area contributed by atoms with E-state index in [2.05, 4.69) is 49.6 Å². The molecule has 4 nitrogen and oxygen atoms in total. The second kappa shape index (κ2) is 4.73. The number of hydrogen-bond acceptors (Lipinski definition) is 2. The fourth-order valence-corrected chi connectivity index (χ4v) is 3.55. The topological polar surface area (TPSA) is 43.0 Å². The molecule has 0 aliphatic heterocycles. The van der Waals surface area contributed by atoms with Crippen molar-refractivity contribution in [2.45, 2.75) is 53.2 Å². The molecule has 0 amide bonds. The molecule has 1 aliphatic rings. The maximum Gasteiger partial charge on any atom is 0.0812 e. The van der Waals surface area contributed by atoms with E-state index in [0.29, 0.717) is 0 Å². The Kier molecular flexibility index (Phi) is 3.24. The van der Waals surface area contributed by atoms with Gasteiger partial charge in [-0.2, -0.15) is 5.10 Å². The van der Waals surface area contributed by atoms with Crippen molar-refractivity contribution in [3.63, 3.8) is 0 Å². The van der Waals surface area contributed by atoms with Gasteiger partial charge in [0, 0.05) is 35.8 Å². The number of rotatable bonds is 2. The molecular weight excluding hydrogens is 262 g/mol. The number of fused-ring (bicyclic) bond motifs is 1. The van der Waals surface area contributed by atoms with Gasteiger partial charge in [0.2, 0.25) is 0 Å². The van der Waals surface area contributed by atoms with Crippen molar-refractivity contribution in [3.8, 4) is 0 Å². The minimum Gasteiger partial charge on any atom is -0.388 e. The van der Waals surface area contributed by atoms with Crippen molar-refractivity contribution in [2.24, 2.45) is 12.5 Å². The van der Waals surface area contributed by atoms with Crippen LogP contribution in [0.15, 0.2) is 12.3 Å². The van der Waals surface area contributed by atoms with Gasteiger partial charge >= 0.3 is 0 Å². The van der Waals surface area contributed by atoms with Gasteiger partial charge in [0.15, 0.2) is 0 Å². The summed E-state index contributed by atoms with van der Waals surface area (Å²) in [6.45, 7) is 9.49. The first-order valence-corrected chi connectivity index (χ1v) is 7.63. The fourth-order valence-electron chi connectivity index (χ4n) is 3.55. The van der Waals surface area contributed by atoms with Gasteiger partial charge in [0.25, 0.3) is 0 Å². The lowest BCUT2D eigenvalue weighted by molar-refractivity contribution is 0.0981. The average molecular weight is 287 g/mol. The molecule has 3 rings (SSSR count). The van der Waals surface area contributed by atoms with Gasteiger partial charge in [-0.25, -0.2) is 0 Å². The first kappa shape index (κ1) is 14.4. The molecule has 0 aromatic carbocycles. The molecule has 0 fully saturated rings. The highest BCUT2D eigenvalue weighted by atomic mass is 16.3. The van der Waals surface area contributed by atoms with Crippen LogP contribution in [0, 0.1) is 19.3 Å². The minimum absolute atomic E-state index is 0.154. The van der Waals surface area contributed by atoms with E-state index in [1.165, 1.54) is 17.0 Å². The number of aliphatic hydroxyl groups excluding tert-OH is 1. The molecule has 4 heteroatoms. The molecule has 0 saturated carbocycles. The summed E-state index contributed by atoms with van der Waals surface area (Å²) in [7, 11) is 1.99. The van der Waals surface area contributed by atoms with Crippen LogP contribution in [-0.4, -0.2) is 19.5 Å². The monoisotopic (exact) mass is 287 g/mol. The normalized spacial score (nSPS) is 20.6. The second-order valence-corrected chi connectivity index (χ2v) is 7.18. The van der Waals surface area contributed by atoms with Crippen LogP contribution in [-0.2, 0) is 20.0 Å². The molecule has 1 atom stereocenters. The van der Waals surface area contributed by atoms with E-state index in [1.54, 1.807) is 0 Å². The summed E-state index contributed by atoms with van der Waals surface area (Å²) in [4.78, 5) is 0. The molecule has 2 aromatic heterocycles. The number of aryl methyl sites for hydroxylation is 2. The predicted molar refractivity (Wildman–Crippen MR) is 83.3 cm³/mol. The van der Waals surface area contributed by atoms with Crippen molar-refractivity contribution in [3.05, 3.63) is 40.5 Å². The van der Waals surface area contributed by atoms with Crippen LogP contribution in [0.1, 0.15) is 54.6 Å². The van der Waals surface area contributed by atoms with E-state index in [9.17, 15) is 5.11 Å². The van der Waals surface area contributed by atoms with Crippen LogP contribution in [0.3, 0.4) is 0 Å². The van der Waals surface area contributed by atoms with Crippen LogP contribution in [0.4, 0.5) is 0 Å². The number of hydrogen-bond donors (Lipinski definition) is 1. The highest BCUT2D eigenvalue weighted by molar-refractivity contribution is 5.32. The molecule has 2 heterocycles. The largest absolute Gasteiger partial charge is 0.388 e. The highest BCUT2D eigenvalue weighted by Gasteiger charge is 2.33. The Hall–Kier alpha value is -1.55. The van der Waals surface area contributed by atoms with Crippen molar-refractivity contribution in [1.29, 1.82) is 0 Å². The van der Waals surface area contributed by atoms with Crippen LogP contribution < -0.4 is 0 Å². The maximum absolute atomic E-state index is 10.4. The fraction of sp³-hybridized carbons (Fsp3) is 0.588. The minimum atomic E-state index is -0.332. The number of nitrogens with zero attached hydrogens (tertiary/aromatic N) is 3. The number of aromatic nitrogens is 3. The Morgan fingerprint density at radius 2 is 2.10 bits per heavy atom. The van der Waals surface area contributed by atoms with Crippen molar-refractivity contribution in [1.82, 2.24) is 14.3 Å². The lowest BCUT2D eigenvalue weighted by Gasteiger charge is -2.34. The molecule has 0 radical (unpaired) electrons. The first-order chi connectivity index (χ1) is 9.78. The molecule has 114 valence electrons. The van der Waals surface area contributed by atoms with E-state index in [-0.39, 0.29) is 11.5 Å². The van der Waals surface area contributed by atoms with E-state index in [0.717, 1.165) is 30.6 Å². The molecule has 21 heavy (non-hydrogen) atoms. The summed E-state index contributed by atoms with van der Waals surface area (Å²) in [6, 6.07) is 2.08. The van der Waals surface area contributed by atoms with Crippen molar-refractivity contribution >= 4 is 0 Å². The lowest BCUT2D eigenvalue weighted by Crippen LogP contribution is -2.27. The zero-order chi connectivity index (χ0) is 15.4. The third-order valence-electron chi connectivity index (χ3n) is 4.85. The summed E-state index contributed by atoms with van der Waals surface area (Å²) in [6.07, 6.45) is 3.64. The molecule has 1 unspecified atom stereocenters. The van der Waals surface area contributed by atoms with E-state index in [4.69, 9.17) is 0 Å². The van der Waals surface area contributed by atoms with Crippen molar-refractivity contribution in [2.75, 3.05) is 0 Å². The molecule has 2 aromatic rings. The first-order valence-electron chi connectivity index (χ1n) is 7.63. The maximum atomic E-state index is 10.4. The summed E-state index contributed by atoms with van der Waals surface area (Å²) < 4.78 is 4.23. The molecule has 1 aliphatic carbocycles. The Bertz CT molecular complexity index is 679. The lowest BCUT2D eigenvalue weighted by atomic mass is 9.75. The Morgan fingerprint density at radius 1 is 1.38 bits per heavy atom. The van der Waals surface area contributed by atoms with Crippen LogP contribution in [0.2, 0.25) is 0 Å². The van der Waals surface area contributed by atoms with Gasteiger partial charge < -0.3 is 9.67 Å². The van der Waals surface area contributed by atoms with Gasteiger partial charge in [0.1, 0.15) is 0 Å². The molecule has 0 saturated heterocycles. The van der Waals surface area contributed by atoms with E-state index >= 15 is 0 Å². The standard InChI is InChI=1S/C17H25N3O/c1-11-14(12(2)19(5)18-11)10-20-7-6-13-15(20)8-17(3,4)9-16(13)21/h6-7,16,21H,8-10H2,1-5H3. The SMILES string of the molecule is Cc1nn(C)c(C)c1Cn1ccc2c1CC(C)(C)CC2O.